The van der Waals surface area contributed by atoms with Crippen molar-refractivity contribution in [2.75, 3.05) is 0 Å². The van der Waals surface area contributed by atoms with Crippen LogP contribution in [0.15, 0.2) is 6.07 Å². The van der Waals surface area contributed by atoms with Crippen molar-refractivity contribution in [3.05, 3.63) is 28.8 Å². The van der Waals surface area contributed by atoms with Crippen LogP contribution in [0, 0.1) is 5.82 Å². The van der Waals surface area contributed by atoms with Crippen LogP contribution in [0.3, 0.4) is 0 Å². The first-order chi connectivity index (χ1) is 6.97. The van der Waals surface area contributed by atoms with Crippen molar-refractivity contribution < 1.29 is 23.1 Å². The quantitative estimate of drug-likeness (QED) is 0.868. The van der Waals surface area contributed by atoms with Gasteiger partial charge in [-0.1, -0.05) is 15.9 Å². The van der Waals surface area contributed by atoms with Crippen molar-refractivity contribution in [2.45, 2.75) is 11.8 Å². The second-order valence-corrected chi connectivity index (χ2v) is 3.16. The van der Waals surface area contributed by atoms with Gasteiger partial charge in [0.1, 0.15) is 5.82 Å². The average Bonchev–Trinajstić information content (AvgIpc) is 2.15. The standard InChI is InChI=1S/C8H5BrF3NO2/c9-2-3-1-4(10)5(7(11)12)6(13-3)8(14)15/h1,7H,2H2,(H,14,15). The van der Waals surface area contributed by atoms with Gasteiger partial charge in [0.2, 0.25) is 0 Å². The molecule has 15 heavy (non-hydrogen) atoms. The summed E-state index contributed by atoms with van der Waals surface area (Å²) in [6.07, 6.45) is -3.20. The first-order valence-electron chi connectivity index (χ1n) is 3.74. The van der Waals surface area contributed by atoms with Gasteiger partial charge in [-0.3, -0.25) is 0 Å². The highest BCUT2D eigenvalue weighted by molar-refractivity contribution is 9.08. The highest BCUT2D eigenvalue weighted by Gasteiger charge is 2.24. The van der Waals surface area contributed by atoms with E-state index in [4.69, 9.17) is 5.11 Å². The zero-order valence-electron chi connectivity index (χ0n) is 7.18. The van der Waals surface area contributed by atoms with E-state index in [0.717, 1.165) is 6.07 Å². The van der Waals surface area contributed by atoms with Gasteiger partial charge < -0.3 is 5.11 Å². The summed E-state index contributed by atoms with van der Waals surface area (Å²) < 4.78 is 37.8. The minimum atomic E-state index is -3.20. The van der Waals surface area contributed by atoms with Gasteiger partial charge in [0.15, 0.2) is 5.69 Å². The number of halogens is 4. The molecular weight excluding hydrogens is 279 g/mol. The van der Waals surface area contributed by atoms with Crippen LogP contribution in [0.2, 0.25) is 0 Å². The predicted octanol–water partition coefficient (Wildman–Crippen LogP) is 2.75. The molecule has 0 aliphatic heterocycles. The van der Waals surface area contributed by atoms with Crippen molar-refractivity contribution >= 4 is 21.9 Å². The lowest BCUT2D eigenvalue weighted by atomic mass is 10.1. The summed E-state index contributed by atoms with van der Waals surface area (Å²) in [6.45, 7) is 0. The number of rotatable bonds is 3. The molecule has 1 aromatic heterocycles. The van der Waals surface area contributed by atoms with Crippen molar-refractivity contribution in [3.8, 4) is 0 Å². The van der Waals surface area contributed by atoms with Crippen LogP contribution in [0.25, 0.3) is 0 Å². The fourth-order valence-electron chi connectivity index (χ4n) is 1.01. The molecule has 7 heteroatoms. The van der Waals surface area contributed by atoms with Gasteiger partial charge >= 0.3 is 5.97 Å². The highest BCUT2D eigenvalue weighted by Crippen LogP contribution is 2.26. The molecule has 0 amide bonds. The Hall–Kier alpha value is -1.11. The molecule has 0 aliphatic carbocycles. The number of aromatic carboxylic acids is 1. The van der Waals surface area contributed by atoms with E-state index in [1.807, 2.05) is 0 Å². The molecule has 0 aliphatic rings. The summed E-state index contributed by atoms with van der Waals surface area (Å²) >= 11 is 2.93. The van der Waals surface area contributed by atoms with Gasteiger partial charge in [0.25, 0.3) is 6.43 Å². The predicted molar refractivity (Wildman–Crippen MR) is 48.7 cm³/mol. The molecule has 1 N–H and O–H groups in total. The smallest absolute Gasteiger partial charge is 0.355 e. The molecule has 0 atom stereocenters. The van der Waals surface area contributed by atoms with Gasteiger partial charge in [-0.15, -0.1) is 0 Å². The van der Waals surface area contributed by atoms with E-state index < -0.39 is 29.5 Å². The largest absolute Gasteiger partial charge is 0.476 e. The molecule has 0 unspecified atom stereocenters. The van der Waals surface area contributed by atoms with E-state index in [9.17, 15) is 18.0 Å². The molecule has 0 aromatic carbocycles. The van der Waals surface area contributed by atoms with Gasteiger partial charge in [0, 0.05) is 5.33 Å². The SMILES string of the molecule is O=C(O)c1nc(CBr)cc(F)c1C(F)F. The van der Waals surface area contributed by atoms with Crippen LogP contribution in [0.5, 0.6) is 0 Å². The summed E-state index contributed by atoms with van der Waals surface area (Å²) in [5.41, 5.74) is -2.07. The van der Waals surface area contributed by atoms with Gasteiger partial charge in [0.05, 0.1) is 11.3 Å². The fourth-order valence-corrected chi connectivity index (χ4v) is 1.30. The topological polar surface area (TPSA) is 50.2 Å². The number of hydrogen-bond donors (Lipinski definition) is 1. The molecule has 82 valence electrons. The average molecular weight is 284 g/mol. The number of alkyl halides is 3. The van der Waals surface area contributed by atoms with E-state index in [-0.39, 0.29) is 11.0 Å². The Morgan fingerprint density at radius 3 is 2.60 bits per heavy atom. The molecule has 0 bridgehead atoms. The van der Waals surface area contributed by atoms with Crippen molar-refractivity contribution in [1.29, 1.82) is 0 Å². The van der Waals surface area contributed by atoms with Gasteiger partial charge in [-0.25, -0.2) is 22.9 Å². The van der Waals surface area contributed by atoms with Crippen molar-refractivity contribution in [1.82, 2.24) is 4.98 Å². The maximum atomic E-state index is 13.1. The number of carboxylic acid groups (broad SMARTS) is 1. The van der Waals surface area contributed by atoms with Crippen molar-refractivity contribution in [3.63, 3.8) is 0 Å². The number of aromatic nitrogens is 1. The summed E-state index contributed by atoms with van der Waals surface area (Å²) in [5.74, 6) is -2.93. The van der Waals surface area contributed by atoms with Crippen LogP contribution in [-0.2, 0) is 5.33 Å². The van der Waals surface area contributed by atoms with Crippen molar-refractivity contribution in [2.24, 2.45) is 0 Å². The summed E-state index contributed by atoms with van der Waals surface area (Å²) in [4.78, 5) is 14.0. The lowest BCUT2D eigenvalue weighted by molar-refractivity contribution is 0.0674. The van der Waals surface area contributed by atoms with E-state index in [0.29, 0.717) is 0 Å². The zero-order chi connectivity index (χ0) is 11.6. The van der Waals surface area contributed by atoms with E-state index in [1.54, 1.807) is 0 Å². The zero-order valence-corrected chi connectivity index (χ0v) is 8.76. The van der Waals surface area contributed by atoms with E-state index >= 15 is 0 Å². The maximum Gasteiger partial charge on any atom is 0.355 e. The van der Waals surface area contributed by atoms with Gasteiger partial charge in [-0.2, -0.15) is 0 Å². The molecule has 1 heterocycles. The Kier molecular flexibility index (Phi) is 3.67. The number of pyridine rings is 1. The molecule has 0 radical (unpaired) electrons. The second kappa shape index (κ2) is 4.61. The Bertz CT molecular complexity index is 398. The Morgan fingerprint density at radius 1 is 1.60 bits per heavy atom. The van der Waals surface area contributed by atoms with Crippen LogP contribution < -0.4 is 0 Å². The van der Waals surface area contributed by atoms with Crippen LogP contribution in [0.1, 0.15) is 28.2 Å². The second-order valence-electron chi connectivity index (χ2n) is 2.60. The number of carbonyl (C=O) groups is 1. The van der Waals surface area contributed by atoms with Crippen LogP contribution in [0.4, 0.5) is 13.2 Å². The molecule has 0 fully saturated rings. The summed E-state index contributed by atoms with van der Waals surface area (Å²) in [5, 5.41) is 8.67. The third-order valence-corrected chi connectivity index (χ3v) is 2.19. The first-order valence-corrected chi connectivity index (χ1v) is 4.86. The monoisotopic (exact) mass is 283 g/mol. The molecule has 0 saturated heterocycles. The van der Waals surface area contributed by atoms with Crippen LogP contribution >= 0.6 is 15.9 Å². The number of hydrogen-bond acceptors (Lipinski definition) is 2. The minimum absolute atomic E-state index is 0.0503. The normalized spacial score (nSPS) is 10.7. The molecule has 1 aromatic rings. The Labute approximate surface area is 91.1 Å². The summed E-state index contributed by atoms with van der Waals surface area (Å²) in [6, 6.07) is 0.780. The Morgan fingerprint density at radius 2 is 2.20 bits per heavy atom. The van der Waals surface area contributed by atoms with E-state index in [1.165, 1.54) is 0 Å². The highest BCUT2D eigenvalue weighted by atomic mass is 79.9. The third kappa shape index (κ3) is 2.47. The maximum absolute atomic E-state index is 13.1. The number of nitrogens with zero attached hydrogens (tertiary/aromatic N) is 1. The van der Waals surface area contributed by atoms with E-state index in [2.05, 4.69) is 20.9 Å². The lowest BCUT2D eigenvalue weighted by Gasteiger charge is -2.07. The third-order valence-electron chi connectivity index (χ3n) is 1.62. The molecule has 3 nitrogen and oxygen atoms in total. The first kappa shape index (κ1) is 12.0. The molecule has 0 spiro atoms. The summed E-state index contributed by atoms with van der Waals surface area (Å²) in [7, 11) is 0. The molecule has 0 saturated carbocycles. The fraction of sp³-hybridized carbons (Fsp3) is 0.250. The van der Waals surface area contributed by atoms with Gasteiger partial charge in [-0.05, 0) is 6.07 Å². The molecular formula is C8H5BrF3NO2. The molecule has 1 rings (SSSR count). The number of carboxylic acids is 1. The Balaban J connectivity index is 3.42. The van der Waals surface area contributed by atoms with Crippen LogP contribution in [-0.4, -0.2) is 16.1 Å². The minimum Gasteiger partial charge on any atom is -0.476 e. The lowest BCUT2D eigenvalue weighted by Crippen LogP contribution is -2.10.